The molecular formula is C45H58N10O5S. The van der Waals surface area contributed by atoms with Gasteiger partial charge in [0.25, 0.3) is 5.91 Å². The van der Waals surface area contributed by atoms with Crippen molar-refractivity contribution in [3.8, 4) is 0 Å². The highest BCUT2D eigenvalue weighted by molar-refractivity contribution is 7.99. The molecule has 5 N–H and O–H groups in total. The molecule has 0 aliphatic carbocycles. The second kappa shape index (κ2) is 18.6. The molecule has 4 fully saturated rings. The van der Waals surface area contributed by atoms with E-state index in [2.05, 4.69) is 47.5 Å². The number of hydrogen-bond donors (Lipinski definition) is 4. The van der Waals surface area contributed by atoms with Gasteiger partial charge in [-0.1, -0.05) is 36.4 Å². The highest BCUT2D eigenvalue weighted by atomic mass is 32.2. The van der Waals surface area contributed by atoms with Crippen molar-refractivity contribution in [1.82, 2.24) is 35.3 Å². The van der Waals surface area contributed by atoms with Crippen LogP contribution in [0.3, 0.4) is 0 Å². The van der Waals surface area contributed by atoms with Gasteiger partial charge in [-0.15, -0.1) is 0 Å². The number of piperidine rings is 2. The highest BCUT2D eigenvalue weighted by Crippen LogP contribution is 2.40. The van der Waals surface area contributed by atoms with Crippen LogP contribution in [0.25, 0.3) is 0 Å². The number of aromatic nitrogens is 2. The number of hydrogen-bond acceptors (Lipinski definition) is 12. The fraction of sp³-hybridized carbons (Fsp3) is 0.533. The number of rotatable bonds is 16. The first-order valence-electron chi connectivity index (χ1n) is 21.8. The summed E-state index contributed by atoms with van der Waals surface area (Å²) in [4.78, 5) is 81.8. The normalized spacial score (nSPS) is 21.0. The van der Waals surface area contributed by atoms with Crippen LogP contribution in [0.15, 0.2) is 64.8 Å². The topological polar surface area (TPSA) is 186 Å². The molecule has 0 saturated carbocycles. The highest BCUT2D eigenvalue weighted by Gasteiger charge is 2.47. The molecule has 324 valence electrons. The first-order chi connectivity index (χ1) is 29.4. The van der Waals surface area contributed by atoms with Crippen molar-refractivity contribution in [1.29, 1.82) is 0 Å². The Balaban J connectivity index is 0.680. The van der Waals surface area contributed by atoms with Gasteiger partial charge in [-0.25, -0.2) is 9.97 Å². The largest absolute Gasteiger partial charge is 0.355 e. The zero-order chi connectivity index (χ0) is 42.6. The lowest BCUT2D eigenvalue weighted by Gasteiger charge is -2.48. The molecule has 1 atom stereocenters. The lowest BCUT2D eigenvalue weighted by atomic mass is 9.79. The molecule has 16 heteroatoms. The fourth-order valence-electron chi connectivity index (χ4n) is 9.45. The van der Waals surface area contributed by atoms with E-state index < -0.39 is 11.9 Å². The Bertz CT molecular complexity index is 2120. The van der Waals surface area contributed by atoms with Gasteiger partial charge in [0.05, 0.1) is 12.4 Å². The van der Waals surface area contributed by atoms with Crippen molar-refractivity contribution in [2.24, 2.45) is 11.1 Å². The van der Waals surface area contributed by atoms with Gasteiger partial charge >= 0.3 is 0 Å². The molecular weight excluding hydrogens is 793 g/mol. The summed E-state index contributed by atoms with van der Waals surface area (Å²) in [5.74, 6) is -0.0772. The van der Waals surface area contributed by atoms with Gasteiger partial charge in [0.1, 0.15) is 16.9 Å². The number of benzene rings is 2. The summed E-state index contributed by atoms with van der Waals surface area (Å²) in [6.45, 7) is 10.5. The third kappa shape index (κ3) is 10.6. The SMILES string of the molecule is CC1(N)CCN(c2cnc(Sc3cccc(NC(=O)CCN4CC5(CCN(CCCCCC(=O)NCc6cccc7c6CN(C6CCC(=O)NC6=O)C7=O)C5)C4)c3)cn2)CC1. The van der Waals surface area contributed by atoms with Crippen molar-refractivity contribution >= 4 is 52.8 Å². The van der Waals surface area contributed by atoms with Crippen LogP contribution in [0.4, 0.5) is 11.5 Å². The molecule has 1 spiro atoms. The van der Waals surface area contributed by atoms with Crippen LogP contribution in [-0.2, 0) is 32.3 Å². The van der Waals surface area contributed by atoms with Crippen molar-refractivity contribution < 1.29 is 24.0 Å². The van der Waals surface area contributed by atoms with Gasteiger partial charge in [0, 0.05) is 98.7 Å². The first-order valence-corrected chi connectivity index (χ1v) is 22.6. The smallest absolute Gasteiger partial charge is 0.255 e. The standard InChI is InChI=1S/C45H58N10O5S/c1-44(46)15-21-54(22-16-44)37-25-49-41(26-47-37)61-33-9-6-8-32(23-33)50-40(58)14-19-53-29-45(30-53)17-20-52(28-45)18-4-2-3-11-38(56)48-24-31-7-5-10-34-35(31)27-55(43(34)60)36-12-13-39(57)51-42(36)59/h5-10,23,25-26,36H,2-4,11-22,24,27-30,46H2,1H3,(H,48,56)(H,50,58)(H,51,57,59). The molecule has 4 saturated heterocycles. The number of nitrogens with two attached hydrogens (primary N) is 1. The van der Waals surface area contributed by atoms with Gasteiger partial charge in [-0.3, -0.25) is 29.3 Å². The molecule has 1 aromatic heterocycles. The lowest BCUT2D eigenvalue weighted by Crippen LogP contribution is -2.57. The maximum atomic E-state index is 13.1. The maximum Gasteiger partial charge on any atom is 0.255 e. The second-order valence-corrected chi connectivity index (χ2v) is 19.0. The molecule has 61 heavy (non-hydrogen) atoms. The average Bonchev–Trinajstić information content (AvgIpc) is 3.81. The number of amides is 5. The van der Waals surface area contributed by atoms with Crippen LogP contribution in [0.1, 0.15) is 92.6 Å². The van der Waals surface area contributed by atoms with Crippen molar-refractivity contribution in [2.45, 2.75) is 106 Å². The minimum Gasteiger partial charge on any atom is -0.355 e. The maximum absolute atomic E-state index is 13.1. The van der Waals surface area contributed by atoms with E-state index in [0.717, 1.165) is 117 Å². The van der Waals surface area contributed by atoms with E-state index >= 15 is 0 Å². The summed E-state index contributed by atoms with van der Waals surface area (Å²) >= 11 is 1.53. The average molecular weight is 851 g/mol. The quantitative estimate of drug-likeness (QED) is 0.121. The molecule has 2 aromatic carbocycles. The van der Waals surface area contributed by atoms with E-state index in [9.17, 15) is 24.0 Å². The van der Waals surface area contributed by atoms with Crippen LogP contribution < -0.4 is 26.6 Å². The third-order valence-corrected chi connectivity index (χ3v) is 13.9. The molecule has 0 bridgehead atoms. The van der Waals surface area contributed by atoms with E-state index in [1.165, 1.54) is 23.1 Å². The van der Waals surface area contributed by atoms with Crippen molar-refractivity contribution in [3.63, 3.8) is 0 Å². The Morgan fingerprint density at radius 1 is 0.902 bits per heavy atom. The first kappa shape index (κ1) is 42.8. The number of fused-ring (bicyclic) bond motifs is 1. The zero-order valence-electron chi connectivity index (χ0n) is 35.1. The number of anilines is 2. The van der Waals surface area contributed by atoms with Crippen LogP contribution in [0.2, 0.25) is 0 Å². The summed E-state index contributed by atoms with van der Waals surface area (Å²) in [5, 5.41) is 9.25. The summed E-state index contributed by atoms with van der Waals surface area (Å²) in [6, 6.07) is 12.7. The van der Waals surface area contributed by atoms with E-state index in [4.69, 9.17) is 5.73 Å². The minimum absolute atomic E-state index is 0.0127. The number of carbonyl (C=O) groups excluding carboxylic acids is 5. The van der Waals surface area contributed by atoms with Gasteiger partial charge < -0.3 is 36.0 Å². The summed E-state index contributed by atoms with van der Waals surface area (Å²) < 4.78 is 0. The van der Waals surface area contributed by atoms with E-state index in [-0.39, 0.29) is 35.6 Å². The second-order valence-electron chi connectivity index (χ2n) is 17.9. The van der Waals surface area contributed by atoms with E-state index in [1.54, 1.807) is 6.07 Å². The van der Waals surface area contributed by atoms with Gasteiger partial charge in [0.2, 0.25) is 23.6 Å². The summed E-state index contributed by atoms with van der Waals surface area (Å²) in [6.07, 6.45) is 11.0. The number of unbranched alkanes of at least 4 members (excludes halogenated alkanes) is 2. The Morgan fingerprint density at radius 3 is 2.49 bits per heavy atom. The molecule has 3 aromatic rings. The Morgan fingerprint density at radius 2 is 1.70 bits per heavy atom. The molecule has 5 aliphatic rings. The third-order valence-electron chi connectivity index (χ3n) is 13.0. The number of likely N-dealkylation sites (tertiary alicyclic amines) is 2. The molecule has 0 radical (unpaired) electrons. The predicted octanol–water partition coefficient (Wildman–Crippen LogP) is 3.92. The van der Waals surface area contributed by atoms with Crippen molar-refractivity contribution in [2.75, 3.05) is 62.6 Å². The van der Waals surface area contributed by atoms with Crippen LogP contribution in [0, 0.1) is 5.41 Å². The Hall–Kier alpha value is -4.90. The van der Waals surface area contributed by atoms with E-state index in [0.29, 0.717) is 43.3 Å². The van der Waals surface area contributed by atoms with Gasteiger partial charge in [-0.05, 0) is 93.9 Å². The number of carbonyl (C=O) groups is 5. The van der Waals surface area contributed by atoms with Crippen molar-refractivity contribution in [3.05, 3.63) is 71.5 Å². The molecule has 6 heterocycles. The van der Waals surface area contributed by atoms with Crippen LogP contribution >= 0.6 is 11.8 Å². The van der Waals surface area contributed by atoms with E-state index in [1.807, 2.05) is 48.8 Å². The monoisotopic (exact) mass is 850 g/mol. The Kier molecular flexibility index (Phi) is 13.0. The summed E-state index contributed by atoms with van der Waals surface area (Å²) in [5.41, 5.74) is 9.53. The molecule has 5 aliphatic heterocycles. The molecule has 15 nitrogen and oxygen atoms in total. The van der Waals surface area contributed by atoms with Gasteiger partial charge in [-0.2, -0.15) is 0 Å². The van der Waals surface area contributed by atoms with Gasteiger partial charge in [0.15, 0.2) is 0 Å². The van der Waals surface area contributed by atoms with Crippen LogP contribution in [-0.4, -0.2) is 118 Å². The fourth-order valence-corrected chi connectivity index (χ4v) is 10.2. The molecule has 1 unspecified atom stereocenters. The Labute approximate surface area is 361 Å². The minimum atomic E-state index is -0.664. The zero-order valence-corrected chi connectivity index (χ0v) is 35.9. The number of nitrogens with zero attached hydrogens (tertiary/aromatic N) is 6. The lowest BCUT2D eigenvalue weighted by molar-refractivity contribution is -0.137. The number of nitrogens with one attached hydrogen (secondary N) is 3. The predicted molar refractivity (Wildman–Crippen MR) is 233 cm³/mol. The molecule has 8 rings (SSSR count). The number of imide groups is 1. The molecule has 5 amide bonds. The van der Waals surface area contributed by atoms with Crippen LogP contribution in [0.5, 0.6) is 0 Å². The summed E-state index contributed by atoms with van der Waals surface area (Å²) in [7, 11) is 0.